The molecule has 2 N–H and O–H groups in total. The van der Waals surface area contributed by atoms with E-state index in [0.717, 1.165) is 5.69 Å². The lowest BCUT2D eigenvalue weighted by atomic mass is 10.4. The van der Waals surface area contributed by atoms with E-state index in [1.54, 1.807) is 11.0 Å². The zero-order valence-corrected chi connectivity index (χ0v) is 11.1. The number of aromatic nitrogens is 2. The number of anilines is 1. The van der Waals surface area contributed by atoms with E-state index >= 15 is 0 Å². The first-order valence-electron chi connectivity index (χ1n) is 5.74. The van der Waals surface area contributed by atoms with Crippen molar-refractivity contribution in [2.45, 2.75) is 12.1 Å². The maximum atomic E-state index is 11.9. The Bertz CT molecular complexity index is 415. The number of nitrogen functional groups attached to an aromatic ring is 1. The molecule has 1 aliphatic rings. The molecule has 7 heteroatoms. The number of ether oxygens (including phenoxy) is 1. The SMILES string of the molecule is Cc1cc(N)nc(SCC(=O)N2CCOCC2)n1. The van der Waals surface area contributed by atoms with Crippen molar-refractivity contribution in [2.75, 3.05) is 37.8 Å². The van der Waals surface area contributed by atoms with E-state index in [9.17, 15) is 4.79 Å². The van der Waals surface area contributed by atoms with Crippen LogP contribution in [0.25, 0.3) is 0 Å². The number of aryl methyl sites for hydroxylation is 1. The number of carbonyl (C=O) groups is 1. The van der Waals surface area contributed by atoms with E-state index in [0.29, 0.717) is 43.0 Å². The van der Waals surface area contributed by atoms with Crippen molar-refractivity contribution in [3.63, 3.8) is 0 Å². The van der Waals surface area contributed by atoms with Crippen molar-refractivity contribution in [3.8, 4) is 0 Å². The van der Waals surface area contributed by atoms with Gasteiger partial charge in [-0.2, -0.15) is 0 Å². The normalized spacial score (nSPS) is 15.7. The van der Waals surface area contributed by atoms with Gasteiger partial charge in [-0.15, -0.1) is 0 Å². The lowest BCUT2D eigenvalue weighted by Crippen LogP contribution is -2.41. The molecule has 1 saturated heterocycles. The van der Waals surface area contributed by atoms with Gasteiger partial charge in [0.1, 0.15) is 5.82 Å². The predicted molar refractivity (Wildman–Crippen MR) is 69.3 cm³/mol. The zero-order valence-electron chi connectivity index (χ0n) is 10.3. The Hall–Kier alpha value is -1.34. The molecule has 1 aliphatic heterocycles. The molecule has 0 radical (unpaired) electrons. The second kappa shape index (κ2) is 6.01. The molecule has 1 fully saturated rings. The van der Waals surface area contributed by atoms with Crippen LogP contribution in [-0.4, -0.2) is 52.8 Å². The molecule has 0 aliphatic carbocycles. The van der Waals surface area contributed by atoms with Crippen LogP contribution in [-0.2, 0) is 9.53 Å². The molecule has 0 spiro atoms. The third-order valence-corrected chi connectivity index (χ3v) is 3.37. The summed E-state index contributed by atoms with van der Waals surface area (Å²) in [5.41, 5.74) is 6.44. The Morgan fingerprint density at radius 1 is 1.50 bits per heavy atom. The Kier molecular flexibility index (Phi) is 4.38. The minimum Gasteiger partial charge on any atom is -0.384 e. The molecule has 0 atom stereocenters. The lowest BCUT2D eigenvalue weighted by Gasteiger charge is -2.26. The molecule has 0 saturated carbocycles. The number of nitrogens with zero attached hydrogens (tertiary/aromatic N) is 3. The third kappa shape index (κ3) is 3.58. The first-order valence-corrected chi connectivity index (χ1v) is 6.73. The second-order valence-corrected chi connectivity index (χ2v) is 4.94. The number of amides is 1. The van der Waals surface area contributed by atoms with Crippen LogP contribution in [0, 0.1) is 6.92 Å². The van der Waals surface area contributed by atoms with Crippen LogP contribution in [0.3, 0.4) is 0 Å². The van der Waals surface area contributed by atoms with Gasteiger partial charge in [0, 0.05) is 24.8 Å². The molecule has 2 heterocycles. The van der Waals surface area contributed by atoms with Crippen LogP contribution in [0.1, 0.15) is 5.69 Å². The number of nitrogens with two attached hydrogens (primary N) is 1. The molecule has 0 unspecified atom stereocenters. The topological polar surface area (TPSA) is 81.3 Å². The quantitative estimate of drug-likeness (QED) is 0.628. The van der Waals surface area contributed by atoms with Gasteiger partial charge in [0.2, 0.25) is 5.91 Å². The van der Waals surface area contributed by atoms with E-state index in [-0.39, 0.29) is 5.91 Å². The summed E-state index contributed by atoms with van der Waals surface area (Å²) in [4.78, 5) is 22.0. The van der Waals surface area contributed by atoms with Crippen LogP contribution in [0.15, 0.2) is 11.2 Å². The van der Waals surface area contributed by atoms with Gasteiger partial charge < -0.3 is 15.4 Å². The van der Waals surface area contributed by atoms with Crippen LogP contribution < -0.4 is 5.73 Å². The molecule has 1 aromatic heterocycles. The van der Waals surface area contributed by atoms with Gasteiger partial charge in [0.25, 0.3) is 0 Å². The van der Waals surface area contributed by atoms with Gasteiger partial charge in [0.15, 0.2) is 5.16 Å². The summed E-state index contributed by atoms with van der Waals surface area (Å²) in [5, 5.41) is 0.550. The smallest absolute Gasteiger partial charge is 0.233 e. The monoisotopic (exact) mass is 268 g/mol. The molecule has 6 nitrogen and oxygen atoms in total. The van der Waals surface area contributed by atoms with Crippen molar-refractivity contribution >= 4 is 23.5 Å². The minimum absolute atomic E-state index is 0.0898. The summed E-state index contributed by atoms with van der Waals surface area (Å²) in [6, 6.07) is 1.70. The largest absolute Gasteiger partial charge is 0.384 e. The fraction of sp³-hybridized carbons (Fsp3) is 0.545. The van der Waals surface area contributed by atoms with Gasteiger partial charge in [0.05, 0.1) is 19.0 Å². The summed E-state index contributed by atoms with van der Waals surface area (Å²) in [5.74, 6) is 0.860. The van der Waals surface area contributed by atoms with Crippen LogP contribution >= 0.6 is 11.8 Å². The Balaban J connectivity index is 1.88. The molecule has 1 aromatic rings. The molecule has 0 aromatic carbocycles. The number of hydrogen-bond acceptors (Lipinski definition) is 6. The highest BCUT2D eigenvalue weighted by Crippen LogP contribution is 2.16. The highest BCUT2D eigenvalue weighted by Gasteiger charge is 2.17. The summed E-state index contributed by atoms with van der Waals surface area (Å²) in [6.45, 7) is 4.41. The second-order valence-electron chi connectivity index (χ2n) is 4.00. The molecule has 98 valence electrons. The average Bonchev–Trinajstić information content (AvgIpc) is 2.36. The van der Waals surface area contributed by atoms with E-state index in [1.807, 2.05) is 6.92 Å². The van der Waals surface area contributed by atoms with Crippen molar-refractivity contribution in [1.29, 1.82) is 0 Å². The first-order chi connectivity index (χ1) is 8.65. The van der Waals surface area contributed by atoms with Gasteiger partial charge in [-0.3, -0.25) is 4.79 Å². The van der Waals surface area contributed by atoms with Crippen molar-refractivity contribution in [3.05, 3.63) is 11.8 Å². The molecular formula is C11H16N4O2S. The average molecular weight is 268 g/mol. The van der Waals surface area contributed by atoms with Gasteiger partial charge >= 0.3 is 0 Å². The predicted octanol–water partition coefficient (Wildman–Crippen LogP) is 0.318. The third-order valence-electron chi connectivity index (χ3n) is 2.54. The molecule has 0 bridgehead atoms. The maximum absolute atomic E-state index is 11.9. The number of rotatable bonds is 3. The molecule has 1 amide bonds. The highest BCUT2D eigenvalue weighted by molar-refractivity contribution is 7.99. The van der Waals surface area contributed by atoms with Gasteiger partial charge in [-0.25, -0.2) is 9.97 Å². The Labute approximate surface area is 110 Å². The van der Waals surface area contributed by atoms with E-state index in [4.69, 9.17) is 10.5 Å². The fourth-order valence-corrected chi connectivity index (χ4v) is 2.47. The summed E-state index contributed by atoms with van der Waals surface area (Å²) < 4.78 is 5.20. The Morgan fingerprint density at radius 2 is 2.22 bits per heavy atom. The number of thioether (sulfide) groups is 1. The number of hydrogen-bond donors (Lipinski definition) is 1. The zero-order chi connectivity index (χ0) is 13.0. The van der Waals surface area contributed by atoms with Crippen molar-refractivity contribution in [1.82, 2.24) is 14.9 Å². The highest BCUT2D eigenvalue weighted by atomic mass is 32.2. The van der Waals surface area contributed by atoms with E-state index < -0.39 is 0 Å². The van der Waals surface area contributed by atoms with E-state index in [1.165, 1.54) is 11.8 Å². The molecule has 2 rings (SSSR count). The molecule has 18 heavy (non-hydrogen) atoms. The summed E-state index contributed by atoms with van der Waals surface area (Å²) >= 11 is 1.32. The van der Waals surface area contributed by atoms with Crippen LogP contribution in [0.4, 0.5) is 5.82 Å². The van der Waals surface area contributed by atoms with Crippen LogP contribution in [0.2, 0.25) is 0 Å². The summed E-state index contributed by atoms with van der Waals surface area (Å²) in [6.07, 6.45) is 0. The standard InChI is InChI=1S/C11H16N4O2S/c1-8-6-9(12)14-11(13-8)18-7-10(16)15-2-4-17-5-3-15/h6H,2-5,7H2,1H3,(H2,12,13,14). The van der Waals surface area contributed by atoms with Gasteiger partial charge in [-0.1, -0.05) is 11.8 Å². The fourth-order valence-electron chi connectivity index (χ4n) is 1.66. The maximum Gasteiger partial charge on any atom is 0.233 e. The van der Waals surface area contributed by atoms with Crippen molar-refractivity contribution in [2.24, 2.45) is 0 Å². The Morgan fingerprint density at radius 3 is 2.89 bits per heavy atom. The van der Waals surface area contributed by atoms with Crippen molar-refractivity contribution < 1.29 is 9.53 Å². The first kappa shape index (κ1) is 13.1. The summed E-state index contributed by atoms with van der Waals surface area (Å²) in [7, 11) is 0. The number of morpholine rings is 1. The minimum atomic E-state index is 0.0898. The van der Waals surface area contributed by atoms with Crippen LogP contribution in [0.5, 0.6) is 0 Å². The number of carbonyl (C=O) groups excluding carboxylic acids is 1. The van der Waals surface area contributed by atoms with Gasteiger partial charge in [-0.05, 0) is 6.92 Å². The van der Waals surface area contributed by atoms with E-state index in [2.05, 4.69) is 9.97 Å². The lowest BCUT2D eigenvalue weighted by molar-refractivity contribution is -0.132. The molecular weight excluding hydrogens is 252 g/mol.